The first-order valence-electron chi connectivity index (χ1n) is 10.3. The van der Waals surface area contributed by atoms with Gasteiger partial charge < -0.3 is 15.2 Å². The van der Waals surface area contributed by atoms with Crippen LogP contribution >= 0.6 is 0 Å². The molecule has 3 rings (SSSR count). The molecule has 8 heteroatoms. The van der Waals surface area contributed by atoms with Crippen LogP contribution in [0.2, 0.25) is 0 Å². The molecule has 1 aromatic heterocycles. The van der Waals surface area contributed by atoms with E-state index in [1.54, 1.807) is 13.0 Å². The monoisotopic (exact) mass is 413 g/mol. The Bertz CT molecular complexity index is 879. The Hall–Kier alpha value is -2.71. The maximum atomic E-state index is 12.6. The van der Waals surface area contributed by atoms with E-state index in [0.717, 1.165) is 37.4 Å². The predicted molar refractivity (Wildman–Crippen MR) is 117 cm³/mol. The van der Waals surface area contributed by atoms with E-state index in [0.29, 0.717) is 24.7 Å². The fraction of sp³-hybridized carbons (Fsp3) is 0.500. The smallest absolute Gasteiger partial charge is 0.239 e. The van der Waals surface area contributed by atoms with Gasteiger partial charge in [0.2, 0.25) is 11.8 Å². The lowest BCUT2D eigenvalue weighted by Crippen LogP contribution is -2.50. The molecule has 2 amide bonds. The first-order chi connectivity index (χ1) is 14.2. The minimum absolute atomic E-state index is 0.0145. The first kappa shape index (κ1) is 22.0. The van der Waals surface area contributed by atoms with Gasteiger partial charge in [0.05, 0.1) is 13.1 Å². The third-order valence-corrected chi connectivity index (χ3v) is 5.10. The number of nitrogens with one attached hydrogen (secondary N) is 2. The van der Waals surface area contributed by atoms with E-state index < -0.39 is 0 Å². The van der Waals surface area contributed by atoms with Gasteiger partial charge in [-0.1, -0.05) is 44.1 Å². The molecule has 0 aliphatic carbocycles. The summed E-state index contributed by atoms with van der Waals surface area (Å²) in [5, 5.41) is 9.57. The van der Waals surface area contributed by atoms with Crippen molar-refractivity contribution in [2.45, 2.75) is 33.1 Å². The van der Waals surface area contributed by atoms with Gasteiger partial charge in [0.15, 0.2) is 5.82 Å². The Labute approximate surface area is 177 Å². The summed E-state index contributed by atoms with van der Waals surface area (Å²) in [5.41, 5.74) is 1.95. The first-order valence-corrected chi connectivity index (χ1v) is 10.3. The summed E-state index contributed by atoms with van der Waals surface area (Å²) < 4.78 is 4.95. The second-order valence-corrected chi connectivity index (χ2v) is 8.77. The summed E-state index contributed by atoms with van der Waals surface area (Å²) in [7, 11) is 0. The highest BCUT2D eigenvalue weighted by Crippen LogP contribution is 2.29. The molecule has 8 nitrogen and oxygen atoms in total. The number of aromatic nitrogens is 1. The molecule has 2 aromatic rings. The van der Waals surface area contributed by atoms with E-state index >= 15 is 0 Å². The lowest BCUT2D eigenvalue weighted by Gasteiger charge is -2.33. The van der Waals surface area contributed by atoms with Crippen LogP contribution in [0.3, 0.4) is 0 Å². The number of rotatable bonds is 6. The number of para-hydroxylation sites is 1. The van der Waals surface area contributed by atoms with Gasteiger partial charge in [-0.2, -0.15) is 0 Å². The Kier molecular flexibility index (Phi) is 6.89. The molecule has 1 fully saturated rings. The van der Waals surface area contributed by atoms with Crippen molar-refractivity contribution in [1.82, 2.24) is 15.0 Å². The van der Waals surface area contributed by atoms with Gasteiger partial charge in [-0.15, -0.1) is 0 Å². The van der Waals surface area contributed by atoms with E-state index in [4.69, 9.17) is 4.52 Å². The van der Waals surface area contributed by atoms with Gasteiger partial charge in [0, 0.05) is 37.9 Å². The van der Waals surface area contributed by atoms with E-state index in [-0.39, 0.29) is 17.2 Å². The maximum Gasteiger partial charge on any atom is 0.239 e. The quantitative estimate of drug-likeness (QED) is 0.756. The number of carbonyl (C=O) groups is 2. The molecule has 30 heavy (non-hydrogen) atoms. The van der Waals surface area contributed by atoms with Crippen LogP contribution in [0.5, 0.6) is 0 Å². The molecule has 1 aliphatic rings. The molecule has 1 aliphatic heterocycles. The van der Waals surface area contributed by atoms with Gasteiger partial charge in [-0.05, 0) is 24.0 Å². The molecule has 162 valence electrons. The third kappa shape index (κ3) is 6.14. The lowest BCUT2D eigenvalue weighted by molar-refractivity contribution is -0.120. The normalized spacial score (nSPS) is 15.7. The molecule has 0 spiro atoms. The number of piperazine rings is 1. The van der Waals surface area contributed by atoms with Crippen molar-refractivity contribution >= 4 is 23.3 Å². The summed E-state index contributed by atoms with van der Waals surface area (Å²) in [5.74, 6) is 0.957. The van der Waals surface area contributed by atoms with Crippen LogP contribution in [0.15, 0.2) is 34.9 Å². The van der Waals surface area contributed by atoms with Gasteiger partial charge >= 0.3 is 0 Å². The Morgan fingerprint density at radius 2 is 1.57 bits per heavy atom. The van der Waals surface area contributed by atoms with Crippen LogP contribution in [-0.2, 0) is 15.0 Å². The number of hydrogen-bond donors (Lipinski definition) is 2. The van der Waals surface area contributed by atoms with E-state index in [9.17, 15) is 9.59 Å². The fourth-order valence-corrected chi connectivity index (χ4v) is 3.56. The van der Waals surface area contributed by atoms with Gasteiger partial charge in [0.25, 0.3) is 0 Å². The van der Waals surface area contributed by atoms with Crippen molar-refractivity contribution in [2.24, 2.45) is 0 Å². The Morgan fingerprint density at radius 3 is 2.10 bits per heavy atom. The van der Waals surface area contributed by atoms with Gasteiger partial charge in [-0.25, -0.2) is 0 Å². The summed E-state index contributed by atoms with van der Waals surface area (Å²) in [4.78, 5) is 28.9. The topological polar surface area (TPSA) is 90.7 Å². The van der Waals surface area contributed by atoms with E-state index in [2.05, 4.69) is 52.4 Å². The molecule has 0 radical (unpaired) electrons. The molecular weight excluding hydrogens is 382 g/mol. The summed E-state index contributed by atoms with van der Waals surface area (Å²) in [6.07, 6.45) is 0. The van der Waals surface area contributed by atoms with Crippen molar-refractivity contribution in [3.05, 3.63) is 41.7 Å². The minimum Gasteiger partial charge on any atom is -0.360 e. The molecule has 0 saturated carbocycles. The van der Waals surface area contributed by atoms with Gasteiger partial charge in [0.1, 0.15) is 5.76 Å². The highest BCUT2D eigenvalue weighted by atomic mass is 16.5. The highest BCUT2D eigenvalue weighted by Gasteiger charge is 2.22. The molecule has 2 N–H and O–H groups in total. The van der Waals surface area contributed by atoms with Crippen molar-refractivity contribution in [1.29, 1.82) is 0 Å². The Morgan fingerprint density at radius 1 is 1.00 bits per heavy atom. The van der Waals surface area contributed by atoms with Crippen molar-refractivity contribution < 1.29 is 14.1 Å². The molecule has 0 bridgehead atoms. The molecule has 0 unspecified atom stereocenters. The average Bonchev–Trinajstić information content (AvgIpc) is 3.07. The fourth-order valence-electron chi connectivity index (χ4n) is 3.56. The van der Waals surface area contributed by atoms with E-state index in [1.807, 2.05) is 18.2 Å². The SMILES string of the molecule is Cc1cc(NC(=O)CN2CCN(CC(=O)Nc3ccccc3C(C)(C)C)CC2)no1. The number of nitrogens with zero attached hydrogens (tertiary/aromatic N) is 3. The number of carbonyl (C=O) groups excluding carboxylic acids is 2. The number of hydrogen-bond acceptors (Lipinski definition) is 6. The number of aryl methyl sites for hydroxylation is 1. The number of anilines is 2. The van der Waals surface area contributed by atoms with Crippen LogP contribution in [0.25, 0.3) is 0 Å². The largest absolute Gasteiger partial charge is 0.360 e. The summed E-state index contributed by atoms with van der Waals surface area (Å²) in [6, 6.07) is 9.63. The lowest BCUT2D eigenvalue weighted by atomic mass is 9.86. The molecule has 2 heterocycles. The summed E-state index contributed by atoms with van der Waals surface area (Å²) >= 11 is 0. The highest BCUT2D eigenvalue weighted by molar-refractivity contribution is 5.93. The number of benzene rings is 1. The summed E-state index contributed by atoms with van der Waals surface area (Å²) in [6.45, 7) is 11.8. The molecule has 1 aromatic carbocycles. The zero-order chi connectivity index (χ0) is 21.7. The zero-order valence-corrected chi connectivity index (χ0v) is 18.2. The van der Waals surface area contributed by atoms with Crippen molar-refractivity contribution in [2.75, 3.05) is 49.9 Å². The molecule has 1 saturated heterocycles. The third-order valence-electron chi connectivity index (χ3n) is 5.10. The standard InChI is InChI=1S/C22H31N5O3/c1-16-13-19(25-30-16)24-21(29)15-27-11-9-26(10-12-27)14-20(28)23-18-8-6-5-7-17(18)22(2,3)4/h5-8,13H,9-12,14-15H2,1-4H3,(H,23,28)(H,24,25,29). The minimum atomic E-state index is -0.117. The second-order valence-electron chi connectivity index (χ2n) is 8.77. The van der Waals surface area contributed by atoms with Crippen LogP contribution in [0.1, 0.15) is 32.1 Å². The maximum absolute atomic E-state index is 12.6. The molecular formula is C22H31N5O3. The van der Waals surface area contributed by atoms with Gasteiger partial charge in [-0.3, -0.25) is 19.4 Å². The van der Waals surface area contributed by atoms with Crippen LogP contribution < -0.4 is 10.6 Å². The Balaban J connectivity index is 1.43. The second kappa shape index (κ2) is 9.40. The predicted octanol–water partition coefficient (Wildman–Crippen LogP) is 2.48. The van der Waals surface area contributed by atoms with Crippen molar-refractivity contribution in [3.63, 3.8) is 0 Å². The van der Waals surface area contributed by atoms with Crippen LogP contribution in [-0.4, -0.2) is 66.0 Å². The van der Waals surface area contributed by atoms with Crippen LogP contribution in [0.4, 0.5) is 11.5 Å². The average molecular weight is 414 g/mol. The zero-order valence-electron chi connectivity index (χ0n) is 18.2. The van der Waals surface area contributed by atoms with Crippen LogP contribution in [0, 0.1) is 6.92 Å². The number of amides is 2. The van der Waals surface area contributed by atoms with E-state index in [1.165, 1.54) is 0 Å². The molecule has 0 atom stereocenters. The van der Waals surface area contributed by atoms with Crippen molar-refractivity contribution in [3.8, 4) is 0 Å².